The van der Waals surface area contributed by atoms with Gasteiger partial charge in [0.15, 0.2) is 5.76 Å². The molecule has 0 saturated carbocycles. The van der Waals surface area contributed by atoms with Gasteiger partial charge in [-0.25, -0.2) is 13.3 Å². The molecule has 3 amide bonds. The van der Waals surface area contributed by atoms with Crippen LogP contribution in [0.2, 0.25) is 5.02 Å². The Balaban J connectivity index is 1.24. The summed E-state index contributed by atoms with van der Waals surface area (Å²) in [6, 6.07) is 15.3. The highest BCUT2D eigenvalue weighted by atomic mass is 35.5. The number of halogens is 1. The Morgan fingerprint density at radius 3 is 2.43 bits per heavy atom. The molecule has 3 aromatic rings. The van der Waals surface area contributed by atoms with Gasteiger partial charge in [-0.3, -0.25) is 14.4 Å². The molecule has 0 spiro atoms. The predicted molar refractivity (Wildman–Crippen MR) is 183 cm³/mol. The number of nitrogens with zero attached hydrogens (tertiary/aromatic N) is 2. The summed E-state index contributed by atoms with van der Waals surface area (Å²) in [5, 5.41) is 12.7. The lowest BCUT2D eigenvalue weighted by atomic mass is 9.90. The Kier molecular flexibility index (Phi) is 11.1. The lowest BCUT2D eigenvalue weighted by Crippen LogP contribution is -2.38. The van der Waals surface area contributed by atoms with Gasteiger partial charge in [0.05, 0.1) is 42.0 Å². The molecule has 260 valence electrons. The van der Waals surface area contributed by atoms with Crippen LogP contribution in [0.4, 0.5) is 11.4 Å². The number of aliphatic hydroxyl groups is 1. The van der Waals surface area contributed by atoms with Crippen LogP contribution in [0.3, 0.4) is 0 Å². The second-order valence-corrected chi connectivity index (χ2v) is 14.4. The number of carbonyl (C=O) groups excluding carboxylic acids is 3. The number of sulfonamides is 1. The summed E-state index contributed by atoms with van der Waals surface area (Å²) >= 11 is 6.04. The maximum Gasteiger partial charge on any atom is 0.290 e. The summed E-state index contributed by atoms with van der Waals surface area (Å²) in [5.41, 5.74) is 1.88. The zero-order chi connectivity index (χ0) is 35.5. The summed E-state index contributed by atoms with van der Waals surface area (Å²) < 4.78 is 44.7. The van der Waals surface area contributed by atoms with E-state index in [0.717, 1.165) is 9.21 Å². The van der Waals surface area contributed by atoms with Gasteiger partial charge in [-0.05, 0) is 91.1 Å². The van der Waals surface area contributed by atoms with Gasteiger partial charge < -0.3 is 24.6 Å². The Labute approximate surface area is 290 Å². The third-order valence-electron chi connectivity index (χ3n) is 8.40. The number of benzene rings is 3. The van der Waals surface area contributed by atoms with Crippen LogP contribution in [-0.2, 0) is 24.3 Å². The van der Waals surface area contributed by atoms with E-state index in [1.807, 2.05) is 13.8 Å². The number of aliphatic hydroxyl groups excluding tert-OH is 1. The van der Waals surface area contributed by atoms with Gasteiger partial charge in [0.2, 0.25) is 16.3 Å². The van der Waals surface area contributed by atoms with E-state index in [1.54, 1.807) is 49.4 Å². The number of rotatable bonds is 13. The number of aryl methyl sites for hydroxylation is 1. The summed E-state index contributed by atoms with van der Waals surface area (Å²) in [5.74, 6) is -0.819. The number of hydrogen-bond acceptors (Lipinski definition) is 9. The SMILES string of the molecule is COc1ccc(S(=O)(=O)N(CCO)CCO[C@@H]2C[C@H](C(C)C)C=C(C(=O)Nc3ccc(N4C(=O)c5ccc(Cl)cc5C4=O)c(C)c3)O2)cc1. The fraction of sp³-hybridized carbons (Fsp3) is 0.343. The Morgan fingerprint density at radius 1 is 1.06 bits per heavy atom. The van der Waals surface area contributed by atoms with Gasteiger partial charge in [0, 0.05) is 30.2 Å². The topological polar surface area (TPSA) is 152 Å². The number of imide groups is 1. The van der Waals surface area contributed by atoms with Gasteiger partial charge in [-0.1, -0.05) is 25.4 Å². The van der Waals surface area contributed by atoms with E-state index < -0.39 is 34.0 Å². The summed E-state index contributed by atoms with van der Waals surface area (Å²) in [6.07, 6.45) is 1.36. The Morgan fingerprint density at radius 2 is 1.78 bits per heavy atom. The van der Waals surface area contributed by atoms with Crippen molar-refractivity contribution in [1.82, 2.24) is 4.31 Å². The number of ether oxygens (including phenoxy) is 3. The first kappa shape index (κ1) is 36.0. The molecule has 5 rings (SSSR count). The number of allylic oxidation sites excluding steroid dienone is 1. The molecule has 2 aliphatic heterocycles. The van der Waals surface area contributed by atoms with Gasteiger partial charge in [0.25, 0.3) is 17.7 Å². The van der Waals surface area contributed by atoms with Crippen LogP contribution in [0.5, 0.6) is 5.75 Å². The summed E-state index contributed by atoms with van der Waals surface area (Å²) in [7, 11) is -2.45. The molecule has 0 fully saturated rings. The highest BCUT2D eigenvalue weighted by Gasteiger charge is 2.37. The summed E-state index contributed by atoms with van der Waals surface area (Å²) in [4.78, 5) is 40.7. The Hall–Kier alpha value is -4.27. The molecule has 49 heavy (non-hydrogen) atoms. The number of carbonyl (C=O) groups is 3. The number of anilines is 2. The van der Waals surface area contributed by atoms with Crippen LogP contribution in [-0.4, -0.2) is 75.3 Å². The van der Waals surface area contributed by atoms with E-state index in [2.05, 4.69) is 5.32 Å². The minimum absolute atomic E-state index is 0.0481. The van der Waals surface area contributed by atoms with Gasteiger partial charge in [-0.2, -0.15) is 4.31 Å². The highest BCUT2D eigenvalue weighted by Crippen LogP contribution is 2.34. The fourth-order valence-corrected chi connectivity index (χ4v) is 7.25. The smallest absolute Gasteiger partial charge is 0.290 e. The van der Waals surface area contributed by atoms with E-state index >= 15 is 0 Å². The van der Waals surface area contributed by atoms with E-state index in [1.165, 1.54) is 31.4 Å². The number of fused-ring (bicyclic) bond motifs is 1. The maximum atomic E-state index is 13.4. The maximum absolute atomic E-state index is 13.4. The second kappa shape index (κ2) is 15.1. The first-order chi connectivity index (χ1) is 23.3. The molecule has 0 unspecified atom stereocenters. The number of methoxy groups -OCH3 is 1. The average Bonchev–Trinajstić information content (AvgIpc) is 3.32. The molecular formula is C35H38ClN3O9S. The average molecular weight is 712 g/mol. The van der Waals surface area contributed by atoms with Crippen molar-refractivity contribution in [3.63, 3.8) is 0 Å². The molecule has 2 heterocycles. The lowest BCUT2D eigenvalue weighted by Gasteiger charge is -2.31. The van der Waals surface area contributed by atoms with Crippen LogP contribution in [0.1, 0.15) is 46.5 Å². The molecule has 0 bridgehead atoms. The van der Waals surface area contributed by atoms with Crippen molar-refractivity contribution in [3.8, 4) is 5.75 Å². The molecular weight excluding hydrogens is 674 g/mol. The van der Waals surface area contributed by atoms with Gasteiger partial charge in [-0.15, -0.1) is 0 Å². The zero-order valence-corrected chi connectivity index (χ0v) is 29.1. The van der Waals surface area contributed by atoms with Crippen LogP contribution < -0.4 is 15.0 Å². The van der Waals surface area contributed by atoms with E-state index in [0.29, 0.717) is 34.1 Å². The molecule has 12 nitrogen and oxygen atoms in total. The zero-order valence-electron chi connectivity index (χ0n) is 27.5. The van der Waals surface area contributed by atoms with E-state index in [4.69, 9.17) is 25.8 Å². The summed E-state index contributed by atoms with van der Waals surface area (Å²) in [6.45, 7) is 5.13. The molecule has 2 N–H and O–H groups in total. The van der Waals surface area contributed by atoms with E-state index in [-0.39, 0.29) is 59.9 Å². The van der Waals surface area contributed by atoms with Gasteiger partial charge >= 0.3 is 0 Å². The molecule has 0 aliphatic carbocycles. The van der Waals surface area contributed by atoms with Crippen molar-refractivity contribution in [1.29, 1.82) is 0 Å². The molecule has 3 aromatic carbocycles. The second-order valence-electron chi connectivity index (χ2n) is 12.0. The largest absolute Gasteiger partial charge is 0.497 e. The normalized spacial score (nSPS) is 17.6. The van der Waals surface area contributed by atoms with Crippen molar-refractivity contribution in [2.75, 3.05) is 43.6 Å². The number of nitrogens with one attached hydrogen (secondary N) is 1. The quantitative estimate of drug-likeness (QED) is 0.234. The third-order valence-corrected chi connectivity index (χ3v) is 10.6. The van der Waals surface area contributed by atoms with Crippen molar-refractivity contribution in [2.24, 2.45) is 11.8 Å². The van der Waals surface area contributed by atoms with Crippen LogP contribution in [0.25, 0.3) is 0 Å². The lowest BCUT2D eigenvalue weighted by molar-refractivity contribution is -0.148. The van der Waals surface area contributed by atoms with Crippen molar-refractivity contribution >= 4 is 50.7 Å². The van der Waals surface area contributed by atoms with Crippen LogP contribution in [0.15, 0.2) is 77.4 Å². The number of hydrogen-bond donors (Lipinski definition) is 2. The standard InChI is InChI=1S/C35H38ClN3O9S/c1-21(2)23-18-31(48-32(19-23)47-16-14-38(13-15-40)49(44,45)27-9-7-26(46-4)8-10-27)33(41)37-25-6-12-30(22(3)17-25)39-34(42)28-11-5-24(36)20-29(28)35(39)43/h5-12,17-18,20-21,23,32,40H,13-16,19H2,1-4H3,(H,37,41)/t23-,32+/m1/s1. The molecule has 0 radical (unpaired) electrons. The molecule has 14 heteroatoms. The van der Waals surface area contributed by atoms with Gasteiger partial charge in [0.1, 0.15) is 5.75 Å². The highest BCUT2D eigenvalue weighted by molar-refractivity contribution is 7.89. The minimum Gasteiger partial charge on any atom is -0.497 e. The molecule has 0 aromatic heterocycles. The first-order valence-electron chi connectivity index (χ1n) is 15.7. The van der Waals surface area contributed by atoms with Crippen LogP contribution >= 0.6 is 11.6 Å². The van der Waals surface area contributed by atoms with Crippen molar-refractivity contribution in [3.05, 3.63) is 94.2 Å². The van der Waals surface area contributed by atoms with Crippen molar-refractivity contribution < 1.29 is 42.1 Å². The molecule has 2 atom stereocenters. The van der Waals surface area contributed by atoms with Crippen LogP contribution in [0, 0.1) is 18.8 Å². The van der Waals surface area contributed by atoms with E-state index in [9.17, 15) is 27.9 Å². The minimum atomic E-state index is -3.93. The third kappa shape index (κ3) is 7.81. The number of amides is 3. The predicted octanol–water partition coefficient (Wildman–Crippen LogP) is 5.00. The molecule has 2 aliphatic rings. The molecule has 0 saturated heterocycles. The fourth-order valence-electron chi connectivity index (χ4n) is 5.66. The van der Waals surface area contributed by atoms with Crippen molar-refractivity contribution in [2.45, 2.75) is 38.4 Å². The monoisotopic (exact) mass is 711 g/mol. The Bertz CT molecular complexity index is 1880. The first-order valence-corrected chi connectivity index (χ1v) is 17.5.